The molecule has 0 saturated carbocycles. The minimum absolute atomic E-state index is 0.217. The van der Waals surface area contributed by atoms with Crippen molar-refractivity contribution in [3.05, 3.63) is 53.1 Å². The number of amides is 1. The van der Waals surface area contributed by atoms with Crippen LogP contribution in [0.3, 0.4) is 0 Å². The van der Waals surface area contributed by atoms with Crippen LogP contribution in [0.4, 0.5) is 5.13 Å². The van der Waals surface area contributed by atoms with Gasteiger partial charge in [-0.15, -0.1) is 0 Å². The summed E-state index contributed by atoms with van der Waals surface area (Å²) in [6.45, 7) is 4.36. The van der Waals surface area contributed by atoms with Crippen LogP contribution in [0.15, 0.2) is 36.4 Å². The number of aromatic nitrogens is 1. The van der Waals surface area contributed by atoms with Crippen molar-refractivity contribution < 1.29 is 14.3 Å². The van der Waals surface area contributed by atoms with E-state index in [1.807, 2.05) is 24.3 Å². The highest BCUT2D eigenvalue weighted by molar-refractivity contribution is 7.22. The average Bonchev–Trinajstić information content (AvgIpc) is 3.19. The average molecular weight is 352 g/mol. The zero-order chi connectivity index (χ0) is 17.4. The second kappa shape index (κ2) is 6.22. The summed E-state index contributed by atoms with van der Waals surface area (Å²) in [4.78, 5) is 16.6. The third-order valence-electron chi connectivity index (χ3n) is 4.06. The third kappa shape index (κ3) is 3.21. The zero-order valence-corrected chi connectivity index (χ0v) is 14.6. The summed E-state index contributed by atoms with van der Waals surface area (Å²) in [5, 5.41) is 3.42. The van der Waals surface area contributed by atoms with E-state index in [-0.39, 0.29) is 12.7 Å². The summed E-state index contributed by atoms with van der Waals surface area (Å²) in [6, 6.07) is 9.69. The summed E-state index contributed by atoms with van der Waals surface area (Å²) < 4.78 is 11.7. The summed E-state index contributed by atoms with van der Waals surface area (Å²) in [6.07, 6.45) is 3.22. The number of ether oxygens (including phenoxy) is 2. The van der Waals surface area contributed by atoms with Gasteiger partial charge in [-0.2, -0.15) is 0 Å². The van der Waals surface area contributed by atoms with E-state index in [1.165, 1.54) is 28.5 Å². The second-order valence-electron chi connectivity index (χ2n) is 5.86. The Morgan fingerprint density at radius 1 is 1.16 bits per heavy atom. The molecular formula is C19H16N2O3S. The first-order chi connectivity index (χ1) is 12.1. The molecule has 0 radical (unpaired) electrons. The number of thiazole rings is 1. The lowest BCUT2D eigenvalue weighted by molar-refractivity contribution is -0.111. The molecule has 1 aliphatic heterocycles. The van der Waals surface area contributed by atoms with Gasteiger partial charge in [0.2, 0.25) is 12.7 Å². The first-order valence-electron chi connectivity index (χ1n) is 7.85. The molecule has 4 rings (SSSR count). The first-order valence-corrected chi connectivity index (χ1v) is 8.67. The highest BCUT2D eigenvalue weighted by Crippen LogP contribution is 2.33. The van der Waals surface area contributed by atoms with Crippen LogP contribution in [0.1, 0.15) is 16.7 Å². The number of carbonyl (C=O) groups is 1. The second-order valence-corrected chi connectivity index (χ2v) is 6.89. The Morgan fingerprint density at radius 2 is 1.96 bits per heavy atom. The van der Waals surface area contributed by atoms with Gasteiger partial charge in [0.25, 0.3) is 0 Å². The molecule has 5 nitrogen and oxygen atoms in total. The molecule has 0 bridgehead atoms. The van der Waals surface area contributed by atoms with Crippen molar-refractivity contribution in [3.8, 4) is 11.5 Å². The molecule has 1 N–H and O–H groups in total. The summed E-state index contributed by atoms with van der Waals surface area (Å²) in [7, 11) is 0. The number of nitrogens with zero attached hydrogens (tertiary/aromatic N) is 1. The van der Waals surface area contributed by atoms with Crippen molar-refractivity contribution in [2.24, 2.45) is 0 Å². The van der Waals surface area contributed by atoms with Gasteiger partial charge >= 0.3 is 0 Å². The number of benzene rings is 2. The lowest BCUT2D eigenvalue weighted by Gasteiger charge is -1.98. The van der Waals surface area contributed by atoms with Crippen molar-refractivity contribution >= 4 is 38.7 Å². The number of hydrogen-bond acceptors (Lipinski definition) is 5. The number of carbonyl (C=O) groups excluding carboxylic acids is 1. The van der Waals surface area contributed by atoms with Gasteiger partial charge in [0.05, 0.1) is 10.2 Å². The van der Waals surface area contributed by atoms with Crippen molar-refractivity contribution in [2.45, 2.75) is 13.8 Å². The van der Waals surface area contributed by atoms with Gasteiger partial charge in [-0.05, 0) is 60.9 Å². The Hall–Kier alpha value is -2.86. The molecule has 0 unspecified atom stereocenters. The first kappa shape index (κ1) is 15.7. The Morgan fingerprint density at radius 3 is 2.84 bits per heavy atom. The molecular weight excluding hydrogens is 336 g/mol. The van der Waals surface area contributed by atoms with E-state index in [2.05, 4.69) is 30.2 Å². The maximum atomic E-state index is 12.1. The van der Waals surface area contributed by atoms with E-state index >= 15 is 0 Å². The van der Waals surface area contributed by atoms with E-state index in [9.17, 15) is 4.79 Å². The normalized spacial score (nSPS) is 12.9. The minimum Gasteiger partial charge on any atom is -0.454 e. The lowest BCUT2D eigenvalue weighted by atomic mass is 10.1. The Balaban J connectivity index is 1.48. The topological polar surface area (TPSA) is 60.5 Å². The molecule has 0 saturated heterocycles. The fourth-order valence-corrected chi connectivity index (χ4v) is 3.52. The minimum atomic E-state index is -0.217. The van der Waals surface area contributed by atoms with Crippen molar-refractivity contribution in [1.82, 2.24) is 4.98 Å². The standard InChI is InChI=1S/C19H16N2O3S/c1-11-7-14-17(8-12(11)2)25-19(20-14)21-18(22)6-4-13-3-5-15-16(9-13)24-10-23-15/h3-9H,10H2,1-2H3,(H,20,21,22)/b6-4+. The number of aryl methyl sites for hydroxylation is 2. The fraction of sp³-hybridized carbons (Fsp3) is 0.158. The Bertz CT molecular complexity index is 968. The van der Waals surface area contributed by atoms with Crippen molar-refractivity contribution in [2.75, 3.05) is 12.1 Å². The van der Waals surface area contributed by atoms with E-state index in [4.69, 9.17) is 9.47 Å². The summed E-state index contributed by atoms with van der Waals surface area (Å²) in [5.74, 6) is 1.20. The van der Waals surface area contributed by atoms with E-state index in [0.717, 1.165) is 21.5 Å². The molecule has 1 amide bonds. The van der Waals surface area contributed by atoms with Crippen molar-refractivity contribution in [1.29, 1.82) is 0 Å². The van der Waals surface area contributed by atoms with Crippen LogP contribution in [0.2, 0.25) is 0 Å². The van der Waals surface area contributed by atoms with E-state index < -0.39 is 0 Å². The lowest BCUT2D eigenvalue weighted by Crippen LogP contribution is -2.07. The molecule has 2 heterocycles. The molecule has 2 aromatic carbocycles. The largest absolute Gasteiger partial charge is 0.454 e. The van der Waals surface area contributed by atoms with Crippen LogP contribution in [0, 0.1) is 13.8 Å². The Kier molecular flexibility index (Phi) is 3.89. The number of rotatable bonds is 3. The molecule has 6 heteroatoms. The fourth-order valence-electron chi connectivity index (χ4n) is 2.57. The van der Waals surface area contributed by atoms with E-state index in [1.54, 1.807) is 6.08 Å². The molecule has 0 aliphatic carbocycles. The van der Waals surface area contributed by atoms with Crippen molar-refractivity contribution in [3.63, 3.8) is 0 Å². The predicted octanol–water partition coefficient (Wildman–Crippen LogP) is 4.29. The molecule has 126 valence electrons. The molecule has 0 spiro atoms. The van der Waals surface area contributed by atoms with Crippen LogP contribution >= 0.6 is 11.3 Å². The number of nitrogens with one attached hydrogen (secondary N) is 1. The van der Waals surface area contributed by atoms with Gasteiger partial charge in [-0.3, -0.25) is 10.1 Å². The van der Waals surface area contributed by atoms with Gasteiger partial charge in [-0.1, -0.05) is 17.4 Å². The van der Waals surface area contributed by atoms with Crippen LogP contribution in [0.5, 0.6) is 11.5 Å². The highest BCUT2D eigenvalue weighted by Gasteiger charge is 2.12. The maximum Gasteiger partial charge on any atom is 0.250 e. The Labute approximate surface area is 148 Å². The number of hydrogen-bond donors (Lipinski definition) is 1. The molecule has 0 atom stereocenters. The molecule has 1 aromatic heterocycles. The molecule has 25 heavy (non-hydrogen) atoms. The number of fused-ring (bicyclic) bond motifs is 2. The van der Waals surface area contributed by atoms with Crippen LogP contribution in [-0.2, 0) is 4.79 Å². The van der Waals surface area contributed by atoms with Crippen LogP contribution in [-0.4, -0.2) is 17.7 Å². The molecule has 1 aliphatic rings. The van der Waals surface area contributed by atoms with Gasteiger partial charge in [0.1, 0.15) is 0 Å². The summed E-state index contributed by atoms with van der Waals surface area (Å²) in [5.41, 5.74) is 4.19. The quantitative estimate of drug-likeness (QED) is 0.714. The monoisotopic (exact) mass is 352 g/mol. The molecule has 3 aromatic rings. The number of anilines is 1. The maximum absolute atomic E-state index is 12.1. The zero-order valence-electron chi connectivity index (χ0n) is 13.8. The van der Waals surface area contributed by atoms with Gasteiger partial charge < -0.3 is 9.47 Å². The summed E-state index contributed by atoms with van der Waals surface area (Å²) >= 11 is 1.47. The van der Waals surface area contributed by atoms with Gasteiger partial charge in [0.15, 0.2) is 16.6 Å². The van der Waals surface area contributed by atoms with Crippen LogP contribution < -0.4 is 14.8 Å². The van der Waals surface area contributed by atoms with Gasteiger partial charge in [0, 0.05) is 6.08 Å². The van der Waals surface area contributed by atoms with Crippen LogP contribution in [0.25, 0.3) is 16.3 Å². The molecule has 0 fully saturated rings. The van der Waals surface area contributed by atoms with Gasteiger partial charge in [-0.25, -0.2) is 4.98 Å². The van der Waals surface area contributed by atoms with E-state index in [0.29, 0.717) is 10.9 Å². The SMILES string of the molecule is Cc1cc2nc(NC(=O)/C=C/c3ccc4c(c3)OCO4)sc2cc1C. The smallest absolute Gasteiger partial charge is 0.250 e. The predicted molar refractivity (Wildman–Crippen MR) is 99.3 cm³/mol. The highest BCUT2D eigenvalue weighted by atomic mass is 32.1. The third-order valence-corrected chi connectivity index (χ3v) is 4.99.